The molecule has 9 nitrogen and oxygen atoms in total. The van der Waals surface area contributed by atoms with Gasteiger partial charge in [0.2, 0.25) is 0 Å². The summed E-state index contributed by atoms with van der Waals surface area (Å²) in [5.41, 5.74) is 0. The van der Waals surface area contributed by atoms with Crippen molar-refractivity contribution in [3.63, 3.8) is 0 Å². The van der Waals surface area contributed by atoms with E-state index in [1.165, 1.54) is 25.7 Å². The van der Waals surface area contributed by atoms with E-state index in [1.54, 1.807) is 0 Å². The van der Waals surface area contributed by atoms with Crippen LogP contribution in [0.2, 0.25) is 0 Å². The third kappa shape index (κ3) is 28.6. The molecule has 0 aliphatic carbocycles. The van der Waals surface area contributed by atoms with Crippen molar-refractivity contribution in [3.05, 3.63) is 24.3 Å². The highest BCUT2D eigenvalue weighted by Gasteiger charge is 2.21. The largest absolute Gasteiger partial charge is 0.756 e. The predicted octanol–water partition coefficient (Wildman–Crippen LogP) is 7.04. The van der Waals surface area contributed by atoms with Gasteiger partial charge in [-0.2, -0.15) is 0 Å². The third-order valence-corrected chi connectivity index (χ3v) is 7.44. The molecular weight excluding hydrogens is 557 g/mol. The molecule has 2 atom stereocenters. The van der Waals surface area contributed by atoms with Crippen molar-refractivity contribution in [1.82, 2.24) is 0 Å². The highest BCUT2D eigenvalue weighted by atomic mass is 31.2. The number of carbonyl (C=O) groups is 2. The van der Waals surface area contributed by atoms with E-state index in [2.05, 4.69) is 31.2 Å². The Balaban J connectivity index is 4.37. The Bertz CT molecular complexity index is 794. The zero-order valence-corrected chi connectivity index (χ0v) is 28.1. The minimum absolute atomic E-state index is 0.0338. The fourth-order valence-corrected chi connectivity index (χ4v) is 4.59. The van der Waals surface area contributed by atoms with Crippen LogP contribution in [0.15, 0.2) is 24.3 Å². The molecule has 0 aromatic rings. The first-order valence-electron chi connectivity index (χ1n) is 16.0. The first-order valence-corrected chi connectivity index (χ1v) is 17.5. The summed E-state index contributed by atoms with van der Waals surface area (Å²) in [5.74, 6) is -0.884. The fourth-order valence-electron chi connectivity index (χ4n) is 3.86. The van der Waals surface area contributed by atoms with Crippen molar-refractivity contribution in [2.45, 2.75) is 123 Å². The van der Waals surface area contributed by atoms with Crippen LogP contribution in [0.4, 0.5) is 0 Å². The van der Waals surface area contributed by atoms with Gasteiger partial charge >= 0.3 is 11.9 Å². The fraction of sp³-hybridized carbons (Fsp3) is 0.812. The number of carbonyl (C=O) groups excluding carboxylic acids is 2. The first kappa shape index (κ1) is 40.5. The topological polar surface area (TPSA) is 111 Å². The Morgan fingerprint density at radius 1 is 0.738 bits per heavy atom. The number of phosphoric acid groups is 1. The molecule has 0 N–H and O–H groups in total. The Hall–Kier alpha value is -1.51. The number of rotatable bonds is 28. The van der Waals surface area contributed by atoms with E-state index in [0.717, 1.165) is 51.4 Å². The zero-order valence-electron chi connectivity index (χ0n) is 27.2. The van der Waals surface area contributed by atoms with Crippen LogP contribution in [0.1, 0.15) is 117 Å². The monoisotopic (exact) mass is 617 g/mol. The van der Waals surface area contributed by atoms with Crippen molar-refractivity contribution in [1.29, 1.82) is 0 Å². The number of likely N-dealkylation sites (N-methyl/N-ethyl adjacent to an activating group) is 1. The maximum atomic E-state index is 12.4. The van der Waals surface area contributed by atoms with Crippen molar-refractivity contribution >= 4 is 19.8 Å². The van der Waals surface area contributed by atoms with Gasteiger partial charge in [0.1, 0.15) is 19.8 Å². The van der Waals surface area contributed by atoms with Gasteiger partial charge < -0.3 is 27.9 Å². The summed E-state index contributed by atoms with van der Waals surface area (Å²) in [6.07, 6.45) is 22.9. The summed E-state index contributed by atoms with van der Waals surface area (Å²) in [4.78, 5) is 36.6. The van der Waals surface area contributed by atoms with Gasteiger partial charge in [-0.1, -0.05) is 83.1 Å². The second-order valence-corrected chi connectivity index (χ2v) is 13.2. The van der Waals surface area contributed by atoms with Gasteiger partial charge in [-0.25, -0.2) is 0 Å². The first-order chi connectivity index (χ1) is 20.0. The standard InChI is InChI=1S/C32H60NO8P/c1-6-8-10-11-12-13-14-15-16-17-18-19-20-21-23-25-32(35)41-30(28-38-31(34)24-22-9-7-2)29-40-42(36,37)39-27-26-33(3,4)5/h12-13,15-16,30H,6-11,14,17-29H2,1-5H3/b13-12-,16-15-. The summed E-state index contributed by atoms with van der Waals surface area (Å²) >= 11 is 0. The Kier molecular flexibility index (Phi) is 25.0. The van der Waals surface area contributed by atoms with Crippen LogP contribution in [-0.2, 0) is 32.7 Å². The smallest absolute Gasteiger partial charge is 0.306 e. The molecule has 0 saturated carbocycles. The maximum Gasteiger partial charge on any atom is 0.306 e. The van der Waals surface area contributed by atoms with Crippen LogP contribution in [-0.4, -0.2) is 70.0 Å². The molecule has 0 spiro atoms. The molecule has 0 aromatic heterocycles. The number of phosphoric ester groups is 1. The van der Waals surface area contributed by atoms with E-state index in [1.807, 2.05) is 28.1 Å². The van der Waals surface area contributed by atoms with Crippen molar-refractivity contribution in [2.24, 2.45) is 0 Å². The molecule has 246 valence electrons. The normalized spacial score (nSPS) is 14.3. The zero-order chi connectivity index (χ0) is 31.5. The third-order valence-electron chi connectivity index (χ3n) is 6.47. The molecule has 0 aliphatic heterocycles. The highest BCUT2D eigenvalue weighted by Crippen LogP contribution is 2.38. The quantitative estimate of drug-likeness (QED) is 0.0302. The van der Waals surface area contributed by atoms with Crippen LogP contribution in [0.25, 0.3) is 0 Å². The van der Waals surface area contributed by atoms with Gasteiger partial charge in [-0.05, 0) is 44.9 Å². The average Bonchev–Trinajstić information content (AvgIpc) is 2.91. The highest BCUT2D eigenvalue weighted by molar-refractivity contribution is 7.45. The molecule has 0 aromatic carbocycles. The lowest BCUT2D eigenvalue weighted by Crippen LogP contribution is -2.37. The van der Waals surface area contributed by atoms with E-state index in [0.29, 0.717) is 23.9 Å². The second-order valence-electron chi connectivity index (χ2n) is 11.8. The van der Waals surface area contributed by atoms with E-state index in [4.69, 9.17) is 18.5 Å². The summed E-state index contributed by atoms with van der Waals surface area (Å²) in [7, 11) is 1.15. The summed E-state index contributed by atoms with van der Waals surface area (Å²) in [6.45, 7) is 3.96. The molecule has 0 amide bonds. The summed E-state index contributed by atoms with van der Waals surface area (Å²) in [6, 6.07) is 0. The molecule has 0 rings (SSSR count). The Morgan fingerprint density at radius 3 is 1.93 bits per heavy atom. The number of ether oxygens (including phenoxy) is 2. The lowest BCUT2D eigenvalue weighted by molar-refractivity contribution is -0.870. The number of allylic oxidation sites excluding steroid dienone is 4. The van der Waals surface area contributed by atoms with Gasteiger partial charge in [0.05, 0.1) is 27.7 Å². The lowest BCUT2D eigenvalue weighted by atomic mass is 10.1. The van der Waals surface area contributed by atoms with Gasteiger partial charge in [0.15, 0.2) is 6.10 Å². The number of unbranched alkanes of at least 4 members (excludes halogenated alkanes) is 10. The molecule has 0 fully saturated rings. The van der Waals surface area contributed by atoms with Gasteiger partial charge in [-0.3, -0.25) is 14.2 Å². The molecule has 10 heteroatoms. The SMILES string of the molecule is CCCCC/C=C\C/C=C\CCCCCCCC(=O)OC(COC(=O)CCCCC)COP(=O)([O-])OCC[N+](C)(C)C. The van der Waals surface area contributed by atoms with Gasteiger partial charge in [-0.15, -0.1) is 0 Å². The van der Waals surface area contributed by atoms with Crippen LogP contribution in [0.3, 0.4) is 0 Å². The van der Waals surface area contributed by atoms with Crippen molar-refractivity contribution < 1.29 is 42.1 Å². The van der Waals surface area contributed by atoms with Gasteiger partial charge in [0, 0.05) is 12.8 Å². The summed E-state index contributed by atoms with van der Waals surface area (Å²) in [5, 5.41) is 0. The minimum atomic E-state index is -4.60. The summed E-state index contributed by atoms with van der Waals surface area (Å²) < 4.78 is 33.2. The van der Waals surface area contributed by atoms with E-state index >= 15 is 0 Å². The minimum Gasteiger partial charge on any atom is -0.756 e. The van der Waals surface area contributed by atoms with E-state index in [9.17, 15) is 19.0 Å². The number of hydrogen-bond acceptors (Lipinski definition) is 8. The molecule has 0 radical (unpaired) electrons. The van der Waals surface area contributed by atoms with Crippen LogP contribution < -0.4 is 4.89 Å². The average molecular weight is 618 g/mol. The number of quaternary nitrogens is 1. The van der Waals surface area contributed by atoms with Crippen molar-refractivity contribution in [3.8, 4) is 0 Å². The van der Waals surface area contributed by atoms with Crippen LogP contribution in [0.5, 0.6) is 0 Å². The Labute approximate surface area is 256 Å². The molecule has 0 bridgehead atoms. The Morgan fingerprint density at radius 2 is 1.29 bits per heavy atom. The molecular formula is C32H60NO8P. The molecule has 0 heterocycles. The van der Waals surface area contributed by atoms with Crippen LogP contribution >= 0.6 is 7.82 Å². The number of hydrogen-bond donors (Lipinski definition) is 0. The maximum absolute atomic E-state index is 12.4. The number of esters is 2. The van der Waals surface area contributed by atoms with Crippen molar-refractivity contribution in [2.75, 3.05) is 47.5 Å². The second kappa shape index (κ2) is 25.9. The number of nitrogens with zero attached hydrogens (tertiary/aromatic N) is 1. The molecule has 0 aliphatic rings. The predicted molar refractivity (Wildman–Crippen MR) is 167 cm³/mol. The van der Waals surface area contributed by atoms with E-state index in [-0.39, 0.29) is 26.1 Å². The molecule has 0 saturated heterocycles. The molecule has 42 heavy (non-hydrogen) atoms. The van der Waals surface area contributed by atoms with Gasteiger partial charge in [0.25, 0.3) is 7.82 Å². The molecule has 2 unspecified atom stereocenters. The van der Waals surface area contributed by atoms with E-state index < -0.39 is 32.5 Å². The lowest BCUT2D eigenvalue weighted by Gasteiger charge is -2.28. The van der Waals surface area contributed by atoms with Crippen LogP contribution in [0, 0.1) is 0 Å².